The first-order valence-electron chi connectivity index (χ1n) is 9.53. The molecule has 3 heterocycles. The highest BCUT2D eigenvalue weighted by atomic mass is 16.5. The second kappa shape index (κ2) is 7.66. The van der Waals surface area contributed by atoms with Crippen LogP contribution in [0, 0.1) is 13.8 Å². The number of hydrogen-bond acceptors (Lipinski definition) is 5. The lowest BCUT2D eigenvalue weighted by molar-refractivity contribution is 0.0623. The van der Waals surface area contributed by atoms with Crippen LogP contribution in [0.15, 0.2) is 42.6 Å². The Morgan fingerprint density at radius 2 is 2.11 bits per heavy atom. The third kappa shape index (κ3) is 3.82. The van der Waals surface area contributed by atoms with Crippen molar-refractivity contribution < 1.29 is 9.84 Å². The van der Waals surface area contributed by atoms with Gasteiger partial charge in [0.15, 0.2) is 11.5 Å². The van der Waals surface area contributed by atoms with E-state index < -0.39 is 6.10 Å². The van der Waals surface area contributed by atoms with E-state index in [1.165, 1.54) is 5.56 Å². The van der Waals surface area contributed by atoms with Crippen LogP contribution < -0.4 is 4.74 Å². The molecule has 3 aromatic rings. The maximum Gasteiger partial charge on any atom is 0.160 e. The van der Waals surface area contributed by atoms with E-state index in [1.54, 1.807) is 0 Å². The van der Waals surface area contributed by atoms with Crippen LogP contribution in [0.5, 0.6) is 5.75 Å². The first-order chi connectivity index (χ1) is 13.1. The lowest BCUT2D eigenvalue weighted by Crippen LogP contribution is -2.36. The van der Waals surface area contributed by atoms with Crippen molar-refractivity contribution >= 4 is 5.65 Å². The summed E-state index contributed by atoms with van der Waals surface area (Å²) in [6.07, 6.45) is 3.57. The minimum atomic E-state index is -0.550. The van der Waals surface area contributed by atoms with Gasteiger partial charge in [-0.15, -0.1) is 10.2 Å². The maximum atomic E-state index is 10.5. The average Bonchev–Trinajstić information content (AvgIpc) is 3.27. The Bertz CT molecular complexity index is 923. The maximum absolute atomic E-state index is 10.5. The van der Waals surface area contributed by atoms with Gasteiger partial charge in [0.25, 0.3) is 0 Å². The van der Waals surface area contributed by atoms with Crippen LogP contribution in [-0.4, -0.2) is 50.4 Å². The number of β-amino-alcohol motifs (C(OH)–C–C–N with tert-alkyl or cyclic N) is 1. The number of ether oxygens (including phenoxy) is 1. The fraction of sp³-hybridized carbons (Fsp3) is 0.429. The predicted octanol–water partition coefficient (Wildman–Crippen LogP) is 2.92. The van der Waals surface area contributed by atoms with Gasteiger partial charge in [0.2, 0.25) is 0 Å². The van der Waals surface area contributed by atoms with Crippen LogP contribution in [0.1, 0.15) is 35.8 Å². The van der Waals surface area contributed by atoms with Crippen molar-refractivity contribution in [2.24, 2.45) is 0 Å². The number of benzene rings is 1. The Balaban J connectivity index is 1.40. The van der Waals surface area contributed by atoms with Gasteiger partial charge < -0.3 is 9.84 Å². The van der Waals surface area contributed by atoms with Crippen LogP contribution in [0.25, 0.3) is 5.65 Å². The van der Waals surface area contributed by atoms with Gasteiger partial charge >= 0.3 is 0 Å². The lowest BCUT2D eigenvalue weighted by Gasteiger charge is -2.26. The number of rotatable bonds is 6. The highest BCUT2D eigenvalue weighted by Gasteiger charge is 2.31. The molecular weight excluding hydrogens is 340 g/mol. The Kier molecular flexibility index (Phi) is 5.09. The minimum absolute atomic E-state index is 0.179. The van der Waals surface area contributed by atoms with Gasteiger partial charge in [-0.1, -0.05) is 23.8 Å². The molecule has 0 radical (unpaired) electrons. The third-order valence-electron chi connectivity index (χ3n) is 5.21. The van der Waals surface area contributed by atoms with E-state index in [2.05, 4.69) is 28.1 Å². The Morgan fingerprint density at radius 1 is 1.22 bits per heavy atom. The summed E-state index contributed by atoms with van der Waals surface area (Å²) in [6, 6.07) is 12.2. The molecule has 0 amide bonds. The van der Waals surface area contributed by atoms with Gasteiger partial charge in [0.05, 0.1) is 6.04 Å². The number of aliphatic hydroxyl groups excluding tert-OH is 1. The Labute approximate surface area is 159 Å². The fourth-order valence-corrected chi connectivity index (χ4v) is 3.89. The van der Waals surface area contributed by atoms with E-state index in [-0.39, 0.29) is 12.6 Å². The molecule has 2 aromatic heterocycles. The largest absolute Gasteiger partial charge is 0.491 e. The number of fused-ring (bicyclic) bond motifs is 1. The number of likely N-dealkylation sites (tertiary alicyclic amines) is 1. The van der Waals surface area contributed by atoms with Crippen LogP contribution in [0.4, 0.5) is 0 Å². The third-order valence-corrected chi connectivity index (χ3v) is 5.21. The number of aryl methyl sites for hydroxylation is 2. The van der Waals surface area contributed by atoms with Crippen molar-refractivity contribution in [3.63, 3.8) is 0 Å². The highest BCUT2D eigenvalue weighted by Crippen LogP contribution is 2.31. The van der Waals surface area contributed by atoms with Gasteiger partial charge in [-0.3, -0.25) is 9.30 Å². The molecule has 0 spiro atoms. The monoisotopic (exact) mass is 366 g/mol. The SMILES string of the molecule is Cc1ccc(OC[C@@H](O)CN2CCC[C@H]2c2nnc3ccccn23)c(C)c1. The summed E-state index contributed by atoms with van der Waals surface area (Å²) in [5, 5.41) is 19.2. The van der Waals surface area contributed by atoms with Gasteiger partial charge in [0, 0.05) is 12.7 Å². The van der Waals surface area contributed by atoms with Crippen molar-refractivity contribution in [1.29, 1.82) is 0 Å². The average molecular weight is 366 g/mol. The van der Waals surface area contributed by atoms with Crippen molar-refractivity contribution in [2.45, 2.75) is 38.8 Å². The molecule has 1 aromatic carbocycles. The van der Waals surface area contributed by atoms with Crippen molar-refractivity contribution in [3.8, 4) is 5.75 Å². The summed E-state index contributed by atoms with van der Waals surface area (Å²) in [5.74, 6) is 1.78. The predicted molar refractivity (Wildman–Crippen MR) is 104 cm³/mol. The Hall–Kier alpha value is -2.44. The number of nitrogens with zero attached hydrogens (tertiary/aromatic N) is 4. The molecule has 1 saturated heterocycles. The van der Waals surface area contributed by atoms with E-state index in [0.717, 1.165) is 42.2 Å². The molecule has 1 N–H and O–H groups in total. The van der Waals surface area contributed by atoms with Crippen LogP contribution in [-0.2, 0) is 0 Å². The van der Waals surface area contributed by atoms with E-state index >= 15 is 0 Å². The summed E-state index contributed by atoms with van der Waals surface area (Å²) in [5.41, 5.74) is 3.16. The Morgan fingerprint density at radius 3 is 2.96 bits per heavy atom. The zero-order valence-corrected chi connectivity index (χ0v) is 15.9. The fourth-order valence-electron chi connectivity index (χ4n) is 3.89. The summed E-state index contributed by atoms with van der Waals surface area (Å²) in [4.78, 5) is 2.29. The van der Waals surface area contributed by atoms with Crippen LogP contribution in [0.2, 0.25) is 0 Å². The molecule has 27 heavy (non-hydrogen) atoms. The van der Waals surface area contributed by atoms with Gasteiger partial charge in [-0.25, -0.2) is 0 Å². The summed E-state index contributed by atoms with van der Waals surface area (Å²) in [7, 11) is 0. The molecule has 1 aliphatic rings. The standard InChI is InChI=1S/C21H26N4O2/c1-15-8-9-19(16(2)12-15)27-14-17(26)13-24-10-5-6-18(24)21-23-22-20-7-3-4-11-25(20)21/h3-4,7-9,11-12,17-18,26H,5-6,10,13-14H2,1-2H3/t17-,18-/m0/s1. The summed E-state index contributed by atoms with van der Waals surface area (Å²) in [6.45, 7) is 5.90. The molecule has 1 aliphatic heterocycles. The molecule has 4 rings (SSSR count). The zero-order valence-electron chi connectivity index (χ0n) is 15.9. The second-order valence-electron chi connectivity index (χ2n) is 7.37. The lowest BCUT2D eigenvalue weighted by atomic mass is 10.1. The first-order valence-corrected chi connectivity index (χ1v) is 9.53. The molecule has 6 heteroatoms. The van der Waals surface area contributed by atoms with E-state index in [1.807, 2.05) is 47.9 Å². The molecule has 0 bridgehead atoms. The smallest absolute Gasteiger partial charge is 0.160 e. The molecule has 2 atom stereocenters. The van der Waals surface area contributed by atoms with Crippen molar-refractivity contribution in [3.05, 3.63) is 59.5 Å². The number of hydrogen-bond donors (Lipinski definition) is 1. The van der Waals surface area contributed by atoms with E-state index in [0.29, 0.717) is 6.54 Å². The second-order valence-corrected chi connectivity index (χ2v) is 7.37. The molecular formula is C21H26N4O2. The molecule has 142 valence electrons. The summed E-state index contributed by atoms with van der Waals surface area (Å²) >= 11 is 0. The zero-order chi connectivity index (χ0) is 18.8. The van der Waals surface area contributed by atoms with E-state index in [4.69, 9.17) is 4.74 Å². The molecule has 6 nitrogen and oxygen atoms in total. The molecule has 0 saturated carbocycles. The number of aliphatic hydroxyl groups is 1. The van der Waals surface area contributed by atoms with Gasteiger partial charge in [-0.05, 0) is 57.0 Å². The van der Waals surface area contributed by atoms with Crippen LogP contribution >= 0.6 is 0 Å². The quantitative estimate of drug-likeness (QED) is 0.727. The van der Waals surface area contributed by atoms with Gasteiger partial charge in [-0.2, -0.15) is 0 Å². The van der Waals surface area contributed by atoms with Crippen molar-refractivity contribution in [2.75, 3.05) is 19.7 Å². The van der Waals surface area contributed by atoms with E-state index in [9.17, 15) is 5.11 Å². The number of aromatic nitrogens is 3. The van der Waals surface area contributed by atoms with Crippen molar-refractivity contribution in [1.82, 2.24) is 19.5 Å². The topological polar surface area (TPSA) is 62.9 Å². The molecule has 1 fully saturated rings. The van der Waals surface area contributed by atoms with Crippen LogP contribution in [0.3, 0.4) is 0 Å². The molecule has 0 aliphatic carbocycles. The first kappa shape index (κ1) is 17.9. The highest BCUT2D eigenvalue weighted by molar-refractivity contribution is 5.38. The number of pyridine rings is 1. The normalized spacial score (nSPS) is 18.9. The van der Waals surface area contributed by atoms with Gasteiger partial charge in [0.1, 0.15) is 18.5 Å². The molecule has 0 unspecified atom stereocenters. The summed E-state index contributed by atoms with van der Waals surface area (Å²) < 4.78 is 7.89. The minimum Gasteiger partial charge on any atom is -0.491 e.